The van der Waals surface area contributed by atoms with Crippen LogP contribution < -0.4 is 10.1 Å². The monoisotopic (exact) mass is 547 g/mol. The molecule has 0 fully saturated rings. The highest BCUT2D eigenvalue weighted by atomic mass is 16.5. The van der Waals surface area contributed by atoms with Crippen LogP contribution in [0.4, 0.5) is 11.5 Å². The summed E-state index contributed by atoms with van der Waals surface area (Å²) in [6.45, 7) is 12.0. The van der Waals surface area contributed by atoms with E-state index in [0.717, 1.165) is 45.0 Å². The number of benzene rings is 2. The van der Waals surface area contributed by atoms with Gasteiger partial charge < -0.3 is 19.5 Å². The van der Waals surface area contributed by atoms with Gasteiger partial charge in [-0.2, -0.15) is 0 Å². The van der Waals surface area contributed by atoms with E-state index >= 15 is 0 Å². The van der Waals surface area contributed by atoms with Crippen molar-refractivity contribution in [2.75, 3.05) is 11.9 Å². The molecule has 0 unspecified atom stereocenters. The molecule has 41 heavy (non-hydrogen) atoms. The molecule has 0 saturated heterocycles. The summed E-state index contributed by atoms with van der Waals surface area (Å²) in [6, 6.07) is 15.6. The lowest BCUT2D eigenvalue weighted by Crippen LogP contribution is -2.44. The summed E-state index contributed by atoms with van der Waals surface area (Å²) in [7, 11) is 1.97. The van der Waals surface area contributed by atoms with Gasteiger partial charge in [0.05, 0.1) is 28.6 Å². The minimum absolute atomic E-state index is 0.116. The highest BCUT2D eigenvalue weighted by Crippen LogP contribution is 2.31. The molecule has 0 aliphatic rings. The third-order valence-electron chi connectivity index (χ3n) is 6.69. The minimum Gasteiger partial charge on any atom is -0.457 e. The van der Waals surface area contributed by atoms with E-state index in [9.17, 15) is 4.79 Å². The number of carbonyl (C=O) groups is 1. The fraction of sp³-hybridized carbons (Fsp3) is 0.219. The van der Waals surface area contributed by atoms with Gasteiger partial charge in [0.2, 0.25) is 5.91 Å². The fourth-order valence-electron chi connectivity index (χ4n) is 4.51. The van der Waals surface area contributed by atoms with Gasteiger partial charge in [0, 0.05) is 30.9 Å². The van der Waals surface area contributed by atoms with Gasteiger partial charge in [-0.05, 0) is 87.9 Å². The van der Waals surface area contributed by atoms with Gasteiger partial charge in [0.1, 0.15) is 23.3 Å². The minimum atomic E-state index is -0.331. The summed E-state index contributed by atoms with van der Waals surface area (Å²) >= 11 is 0. The number of rotatable bonds is 8. The van der Waals surface area contributed by atoms with Crippen molar-refractivity contribution in [3.05, 3.63) is 91.2 Å². The summed E-state index contributed by atoms with van der Waals surface area (Å²) in [6.07, 6.45) is 8.46. The normalized spacial score (nSPS) is 11.7. The molecule has 0 saturated carbocycles. The van der Waals surface area contributed by atoms with Gasteiger partial charge in [-0.25, -0.2) is 19.9 Å². The number of hydrogen-bond donors (Lipinski definition) is 1. The van der Waals surface area contributed by atoms with Crippen LogP contribution in [-0.4, -0.2) is 47.4 Å². The van der Waals surface area contributed by atoms with Gasteiger partial charge in [-0.15, -0.1) is 0 Å². The quantitative estimate of drug-likeness (QED) is 0.219. The van der Waals surface area contributed by atoms with Gasteiger partial charge in [0.15, 0.2) is 5.82 Å². The van der Waals surface area contributed by atoms with Crippen LogP contribution in [0.1, 0.15) is 32.0 Å². The van der Waals surface area contributed by atoms with E-state index in [1.54, 1.807) is 11.2 Å². The van der Waals surface area contributed by atoms with Crippen molar-refractivity contribution in [2.24, 2.45) is 7.05 Å². The van der Waals surface area contributed by atoms with Crippen LogP contribution in [0.25, 0.3) is 28.1 Å². The molecule has 2 aromatic carbocycles. The maximum atomic E-state index is 12.3. The van der Waals surface area contributed by atoms with Crippen LogP contribution in [0, 0.1) is 6.92 Å². The number of carbonyl (C=O) groups excluding carboxylic acids is 1. The van der Waals surface area contributed by atoms with Crippen LogP contribution in [-0.2, 0) is 11.8 Å². The maximum absolute atomic E-state index is 12.3. The number of anilines is 2. The van der Waals surface area contributed by atoms with Crippen molar-refractivity contribution in [1.82, 2.24) is 29.4 Å². The number of aromatic nitrogens is 5. The van der Waals surface area contributed by atoms with Gasteiger partial charge in [-0.1, -0.05) is 12.7 Å². The molecule has 208 valence electrons. The SMILES string of the molecule is C=CC(=O)N(C/C=C/c1ccc2ncnc(Nc3ccc(Oc4ccc5c(c4)ncn5C)c(C)c3)c2n1)C(C)(C)C. The molecule has 0 bridgehead atoms. The zero-order valence-corrected chi connectivity index (χ0v) is 23.9. The molecule has 5 aromatic rings. The number of pyridine rings is 1. The van der Waals surface area contributed by atoms with Gasteiger partial charge in [0.25, 0.3) is 0 Å². The summed E-state index contributed by atoms with van der Waals surface area (Å²) in [5.74, 6) is 1.96. The van der Waals surface area contributed by atoms with Crippen LogP contribution >= 0.6 is 0 Å². The number of nitrogens with zero attached hydrogens (tertiary/aromatic N) is 6. The number of ether oxygens (including phenoxy) is 1. The first-order chi connectivity index (χ1) is 19.6. The Labute approximate surface area is 239 Å². The van der Waals surface area contributed by atoms with Crippen LogP contribution in [0.3, 0.4) is 0 Å². The number of imidazole rings is 1. The van der Waals surface area contributed by atoms with Crippen LogP contribution in [0.5, 0.6) is 11.5 Å². The van der Waals surface area contributed by atoms with Gasteiger partial charge in [-0.3, -0.25) is 4.79 Å². The Kier molecular flexibility index (Phi) is 7.52. The topological polar surface area (TPSA) is 98.1 Å². The number of nitrogens with one attached hydrogen (secondary N) is 1. The summed E-state index contributed by atoms with van der Waals surface area (Å²) in [5, 5.41) is 3.38. The Morgan fingerprint density at radius 1 is 1.07 bits per heavy atom. The van der Waals surface area contributed by atoms with Crippen molar-refractivity contribution in [3.63, 3.8) is 0 Å². The lowest BCUT2D eigenvalue weighted by atomic mass is 10.1. The first kappa shape index (κ1) is 27.5. The number of amides is 1. The highest BCUT2D eigenvalue weighted by Gasteiger charge is 2.23. The highest BCUT2D eigenvalue weighted by molar-refractivity contribution is 5.88. The second-order valence-electron chi connectivity index (χ2n) is 10.8. The first-order valence-corrected chi connectivity index (χ1v) is 13.3. The van der Waals surface area contributed by atoms with Crippen molar-refractivity contribution in [2.45, 2.75) is 33.2 Å². The predicted octanol–water partition coefficient (Wildman–Crippen LogP) is 6.58. The molecular formula is C32H33N7O2. The van der Waals surface area contributed by atoms with Crippen LogP contribution in [0.15, 0.2) is 79.9 Å². The molecule has 9 heteroatoms. The second-order valence-corrected chi connectivity index (χ2v) is 10.8. The van der Waals surface area contributed by atoms with Crippen molar-refractivity contribution < 1.29 is 9.53 Å². The lowest BCUT2D eigenvalue weighted by molar-refractivity contribution is -0.129. The molecule has 0 radical (unpaired) electrons. The zero-order chi connectivity index (χ0) is 29.1. The molecule has 0 spiro atoms. The molecule has 0 atom stereocenters. The Bertz CT molecular complexity index is 1780. The number of aryl methyl sites for hydroxylation is 2. The third kappa shape index (κ3) is 6.09. The molecule has 0 aliphatic heterocycles. The van der Waals surface area contributed by atoms with E-state index in [2.05, 4.69) is 26.8 Å². The van der Waals surface area contributed by atoms with E-state index in [4.69, 9.17) is 9.72 Å². The molecule has 3 aromatic heterocycles. The van der Waals surface area contributed by atoms with E-state index < -0.39 is 0 Å². The number of hydrogen-bond acceptors (Lipinski definition) is 7. The summed E-state index contributed by atoms with van der Waals surface area (Å²) in [4.78, 5) is 32.1. The van der Waals surface area contributed by atoms with Crippen molar-refractivity contribution >= 4 is 45.6 Å². The molecule has 0 aliphatic carbocycles. The average molecular weight is 548 g/mol. The zero-order valence-electron chi connectivity index (χ0n) is 23.9. The average Bonchev–Trinajstić information content (AvgIpc) is 3.31. The van der Waals surface area contributed by atoms with E-state index in [-0.39, 0.29) is 11.4 Å². The Morgan fingerprint density at radius 2 is 1.90 bits per heavy atom. The van der Waals surface area contributed by atoms with Crippen LogP contribution in [0.2, 0.25) is 0 Å². The number of fused-ring (bicyclic) bond motifs is 2. The Balaban J connectivity index is 1.34. The molecule has 5 rings (SSSR count). The smallest absolute Gasteiger partial charge is 0.246 e. The van der Waals surface area contributed by atoms with E-state index in [1.807, 2.05) is 100.0 Å². The Hall–Kier alpha value is -5.05. The summed E-state index contributed by atoms with van der Waals surface area (Å²) in [5.41, 5.74) is 5.52. The summed E-state index contributed by atoms with van der Waals surface area (Å²) < 4.78 is 8.14. The molecule has 3 heterocycles. The molecule has 1 N–H and O–H groups in total. The third-order valence-corrected chi connectivity index (χ3v) is 6.69. The van der Waals surface area contributed by atoms with Crippen molar-refractivity contribution in [1.29, 1.82) is 0 Å². The fourth-order valence-corrected chi connectivity index (χ4v) is 4.51. The molecule has 9 nitrogen and oxygen atoms in total. The lowest BCUT2D eigenvalue weighted by Gasteiger charge is -2.34. The van der Waals surface area contributed by atoms with E-state index in [0.29, 0.717) is 17.9 Å². The second kappa shape index (κ2) is 11.2. The van der Waals surface area contributed by atoms with Crippen molar-refractivity contribution in [3.8, 4) is 11.5 Å². The molecular weight excluding hydrogens is 514 g/mol. The van der Waals surface area contributed by atoms with E-state index in [1.165, 1.54) is 12.4 Å². The van der Waals surface area contributed by atoms with Gasteiger partial charge >= 0.3 is 0 Å². The predicted molar refractivity (Wildman–Crippen MR) is 163 cm³/mol. The standard InChI is InChI=1S/C32H33N7O2/c1-7-29(40)39(32(3,4)5)16-8-9-22-10-13-25-30(36-22)31(34-19-33-25)37-23-11-15-28(21(2)17-23)41-24-12-14-27-26(18-24)35-20-38(27)6/h7-15,17-20H,1,16H2,2-6H3,(H,33,34,37)/b9-8+. The Morgan fingerprint density at radius 3 is 2.66 bits per heavy atom. The molecule has 1 amide bonds. The largest absolute Gasteiger partial charge is 0.457 e. The maximum Gasteiger partial charge on any atom is 0.246 e. The first-order valence-electron chi connectivity index (χ1n) is 13.3.